The summed E-state index contributed by atoms with van der Waals surface area (Å²) in [5.74, 6) is -1.12. The molecule has 1 aromatic heterocycles. The predicted octanol–water partition coefficient (Wildman–Crippen LogP) is 4.73. The first kappa shape index (κ1) is 15.5. The van der Waals surface area contributed by atoms with E-state index in [1.54, 1.807) is 6.07 Å². The Bertz CT molecular complexity index is 573. The number of carbonyl (C=O) groups is 1. The summed E-state index contributed by atoms with van der Waals surface area (Å²) < 4.78 is 37.4. The second-order valence-corrected chi connectivity index (χ2v) is 4.60. The molecule has 0 saturated heterocycles. The minimum Gasteiger partial charge on any atom is -0.477 e. The molecule has 1 heterocycles. The second kappa shape index (κ2) is 6.06. The van der Waals surface area contributed by atoms with Crippen molar-refractivity contribution in [1.82, 2.24) is 0 Å². The Morgan fingerprint density at radius 2 is 1.95 bits per heavy atom. The molecule has 0 bridgehead atoms. The van der Waals surface area contributed by atoms with Gasteiger partial charge in [-0.1, -0.05) is 32.0 Å². The molecule has 19 heavy (non-hydrogen) atoms. The Morgan fingerprint density at radius 3 is 2.47 bits per heavy atom. The summed E-state index contributed by atoms with van der Waals surface area (Å²) in [5.41, 5.74) is 0.118. The largest absolute Gasteiger partial charge is 0.477 e. The highest BCUT2D eigenvalue weighted by Crippen LogP contribution is 2.32. The van der Waals surface area contributed by atoms with Crippen molar-refractivity contribution < 1.29 is 23.1 Å². The number of aromatic carboxylic acids is 1. The highest BCUT2D eigenvalue weighted by atomic mass is 32.1. The Morgan fingerprint density at radius 1 is 1.32 bits per heavy atom. The number of halogens is 3. The molecule has 0 aliphatic heterocycles. The molecule has 0 spiro atoms. The Kier molecular flexibility index (Phi) is 4.94. The predicted molar refractivity (Wildman–Crippen MR) is 69.9 cm³/mol. The van der Waals surface area contributed by atoms with Gasteiger partial charge in [-0.3, -0.25) is 0 Å². The molecule has 0 atom stereocenters. The highest BCUT2D eigenvalue weighted by molar-refractivity contribution is 7.20. The number of hydrogen-bond donors (Lipinski definition) is 1. The molecule has 6 heteroatoms. The van der Waals surface area contributed by atoms with Crippen molar-refractivity contribution in [3.8, 4) is 0 Å². The molecule has 2 nitrogen and oxygen atoms in total. The van der Waals surface area contributed by atoms with Crippen molar-refractivity contribution in [3.05, 3.63) is 34.7 Å². The Balaban J connectivity index is 0.000000861. The van der Waals surface area contributed by atoms with Gasteiger partial charge in [-0.2, -0.15) is 13.2 Å². The summed E-state index contributed by atoms with van der Waals surface area (Å²) in [6.45, 7) is 4.00. The van der Waals surface area contributed by atoms with Crippen molar-refractivity contribution in [2.75, 3.05) is 0 Å². The summed E-state index contributed by atoms with van der Waals surface area (Å²) in [6, 6.07) is 5.88. The fourth-order valence-electron chi connectivity index (χ4n) is 1.58. The van der Waals surface area contributed by atoms with E-state index in [4.69, 9.17) is 5.11 Å². The number of rotatable bonds is 2. The van der Waals surface area contributed by atoms with Gasteiger partial charge in [-0.25, -0.2) is 4.79 Å². The maximum absolute atomic E-state index is 12.3. The molecule has 0 unspecified atom stereocenters. The molecule has 0 aliphatic rings. The van der Waals surface area contributed by atoms with Crippen molar-refractivity contribution in [3.63, 3.8) is 0 Å². The summed E-state index contributed by atoms with van der Waals surface area (Å²) >= 11 is 0.873. The van der Waals surface area contributed by atoms with Gasteiger partial charge in [-0.15, -0.1) is 11.3 Å². The van der Waals surface area contributed by atoms with Crippen LogP contribution in [-0.2, 0) is 6.42 Å². The fourth-order valence-corrected chi connectivity index (χ4v) is 2.59. The minimum absolute atomic E-state index is 0.0506. The number of hydrogen-bond acceptors (Lipinski definition) is 2. The van der Waals surface area contributed by atoms with Crippen LogP contribution in [0, 0.1) is 0 Å². The van der Waals surface area contributed by atoms with E-state index in [1.807, 2.05) is 13.8 Å². The molecule has 2 rings (SSSR count). The molecule has 0 saturated carbocycles. The number of thiophene rings is 1. The van der Waals surface area contributed by atoms with Gasteiger partial charge >= 0.3 is 12.1 Å². The highest BCUT2D eigenvalue weighted by Gasteiger charge is 2.28. The van der Waals surface area contributed by atoms with E-state index in [9.17, 15) is 18.0 Å². The third-order valence-corrected chi connectivity index (χ3v) is 3.44. The minimum atomic E-state index is -4.29. The number of carboxylic acids is 1. The van der Waals surface area contributed by atoms with Gasteiger partial charge < -0.3 is 5.11 Å². The lowest BCUT2D eigenvalue weighted by Gasteiger charge is -2.06. The van der Waals surface area contributed by atoms with E-state index in [2.05, 4.69) is 0 Å². The Hall–Kier alpha value is -1.56. The summed E-state index contributed by atoms with van der Waals surface area (Å²) in [6.07, 6.45) is -5.33. The van der Waals surface area contributed by atoms with Crippen molar-refractivity contribution in [1.29, 1.82) is 0 Å². The Labute approximate surface area is 112 Å². The molecule has 104 valence electrons. The van der Waals surface area contributed by atoms with Crippen LogP contribution >= 0.6 is 11.3 Å². The number of fused-ring (bicyclic) bond motifs is 1. The number of benzene rings is 1. The molecular weight excluding hydrogens is 277 g/mol. The standard InChI is InChI=1S/C11H7F3O2S.C2H6/c12-11(13,14)5-7-3-1-2-6-4-8(10(15)16)17-9(6)7;1-2/h1-4H,5H2,(H,15,16);1-2H3. The van der Waals surface area contributed by atoms with Crippen LogP contribution in [0.4, 0.5) is 13.2 Å². The van der Waals surface area contributed by atoms with Crippen molar-refractivity contribution in [2.45, 2.75) is 26.4 Å². The molecular formula is C13H13F3O2S. The zero-order valence-electron chi connectivity index (χ0n) is 10.4. The van der Waals surface area contributed by atoms with Gasteiger partial charge in [0.15, 0.2) is 0 Å². The third-order valence-electron chi connectivity index (χ3n) is 2.23. The van der Waals surface area contributed by atoms with Crippen LogP contribution in [0.5, 0.6) is 0 Å². The first-order chi connectivity index (χ1) is 8.87. The third kappa shape index (κ3) is 3.96. The summed E-state index contributed by atoms with van der Waals surface area (Å²) in [5, 5.41) is 9.33. The lowest BCUT2D eigenvalue weighted by molar-refractivity contribution is -0.126. The average molecular weight is 290 g/mol. The zero-order chi connectivity index (χ0) is 14.6. The van der Waals surface area contributed by atoms with Crippen molar-refractivity contribution >= 4 is 27.4 Å². The van der Waals surface area contributed by atoms with E-state index in [-0.39, 0.29) is 10.4 Å². The van der Waals surface area contributed by atoms with Gasteiger partial charge in [0.25, 0.3) is 0 Å². The van der Waals surface area contributed by atoms with Crippen LogP contribution < -0.4 is 0 Å². The van der Waals surface area contributed by atoms with Gasteiger partial charge in [0.05, 0.1) is 6.42 Å². The molecule has 0 fully saturated rings. The first-order valence-electron chi connectivity index (χ1n) is 5.68. The SMILES string of the molecule is CC.O=C(O)c1cc2cccc(CC(F)(F)F)c2s1. The lowest BCUT2D eigenvalue weighted by atomic mass is 10.1. The van der Waals surface area contributed by atoms with E-state index < -0.39 is 18.6 Å². The second-order valence-electron chi connectivity index (χ2n) is 3.54. The summed E-state index contributed by atoms with van der Waals surface area (Å²) in [7, 11) is 0. The lowest BCUT2D eigenvalue weighted by Crippen LogP contribution is -2.11. The fraction of sp³-hybridized carbons (Fsp3) is 0.308. The molecule has 1 aromatic carbocycles. The molecule has 0 amide bonds. The maximum Gasteiger partial charge on any atom is 0.393 e. The van der Waals surface area contributed by atoms with E-state index >= 15 is 0 Å². The molecule has 2 aromatic rings. The zero-order valence-corrected chi connectivity index (χ0v) is 11.2. The maximum atomic E-state index is 12.3. The van der Waals surface area contributed by atoms with E-state index in [0.717, 1.165) is 11.3 Å². The quantitative estimate of drug-likeness (QED) is 0.868. The van der Waals surface area contributed by atoms with Crippen LogP contribution in [-0.4, -0.2) is 17.3 Å². The number of alkyl halides is 3. The molecule has 0 radical (unpaired) electrons. The van der Waals surface area contributed by atoms with Crippen molar-refractivity contribution in [2.24, 2.45) is 0 Å². The van der Waals surface area contributed by atoms with Crippen LogP contribution in [0.25, 0.3) is 10.1 Å². The normalized spacial score (nSPS) is 11.0. The van der Waals surface area contributed by atoms with Crippen LogP contribution in [0.3, 0.4) is 0 Å². The van der Waals surface area contributed by atoms with Crippen LogP contribution in [0.1, 0.15) is 29.1 Å². The average Bonchev–Trinajstić information content (AvgIpc) is 2.75. The van der Waals surface area contributed by atoms with Gasteiger partial charge in [0, 0.05) is 4.70 Å². The van der Waals surface area contributed by atoms with Gasteiger partial charge in [-0.05, 0) is 17.0 Å². The molecule has 0 aliphatic carbocycles. The van der Waals surface area contributed by atoms with E-state index in [1.165, 1.54) is 18.2 Å². The van der Waals surface area contributed by atoms with Gasteiger partial charge in [0.2, 0.25) is 0 Å². The van der Waals surface area contributed by atoms with Gasteiger partial charge in [0.1, 0.15) is 4.88 Å². The van der Waals surface area contributed by atoms with Crippen LogP contribution in [0.2, 0.25) is 0 Å². The smallest absolute Gasteiger partial charge is 0.393 e. The topological polar surface area (TPSA) is 37.3 Å². The summed E-state index contributed by atoms with van der Waals surface area (Å²) in [4.78, 5) is 10.8. The molecule has 1 N–H and O–H groups in total. The first-order valence-corrected chi connectivity index (χ1v) is 6.50. The van der Waals surface area contributed by atoms with Crippen LogP contribution in [0.15, 0.2) is 24.3 Å². The van der Waals surface area contributed by atoms with E-state index in [0.29, 0.717) is 10.1 Å². The number of carboxylic acid groups (broad SMARTS) is 1. The monoisotopic (exact) mass is 290 g/mol.